The van der Waals surface area contributed by atoms with Crippen molar-refractivity contribution < 1.29 is 14.7 Å². The van der Waals surface area contributed by atoms with Crippen LogP contribution in [0.2, 0.25) is 0 Å². The number of carboxylic acids is 1. The molecule has 2 rings (SSSR count). The molecule has 0 aliphatic carbocycles. The minimum absolute atomic E-state index is 0.164. The van der Waals surface area contributed by atoms with Crippen molar-refractivity contribution in [2.45, 2.75) is 13.8 Å². The van der Waals surface area contributed by atoms with E-state index in [1.54, 1.807) is 44.2 Å². The molecule has 21 heavy (non-hydrogen) atoms. The first-order chi connectivity index (χ1) is 9.90. The maximum absolute atomic E-state index is 12.2. The van der Waals surface area contributed by atoms with Gasteiger partial charge >= 0.3 is 5.97 Å². The molecule has 4 N–H and O–H groups in total. The average Bonchev–Trinajstić information content (AvgIpc) is 2.43. The molecule has 0 aromatic heterocycles. The Kier molecular flexibility index (Phi) is 3.93. The molecule has 1 amide bonds. The van der Waals surface area contributed by atoms with E-state index in [0.717, 1.165) is 0 Å². The highest BCUT2D eigenvalue weighted by Gasteiger charge is 2.13. The zero-order chi connectivity index (χ0) is 15.6. The van der Waals surface area contributed by atoms with Crippen molar-refractivity contribution >= 4 is 23.3 Å². The van der Waals surface area contributed by atoms with Crippen molar-refractivity contribution in [2.24, 2.45) is 0 Å². The van der Waals surface area contributed by atoms with E-state index < -0.39 is 5.97 Å². The van der Waals surface area contributed by atoms with Gasteiger partial charge in [-0.05, 0) is 49.2 Å². The molecule has 0 fully saturated rings. The Hall–Kier alpha value is -2.82. The monoisotopic (exact) mass is 284 g/mol. The van der Waals surface area contributed by atoms with Gasteiger partial charge < -0.3 is 16.2 Å². The Morgan fingerprint density at radius 3 is 2.48 bits per heavy atom. The van der Waals surface area contributed by atoms with Gasteiger partial charge in [-0.25, -0.2) is 4.79 Å². The zero-order valence-electron chi connectivity index (χ0n) is 11.8. The molecule has 0 saturated heterocycles. The third kappa shape index (κ3) is 3.02. The Morgan fingerprint density at radius 1 is 1.10 bits per heavy atom. The van der Waals surface area contributed by atoms with Gasteiger partial charge in [0.2, 0.25) is 0 Å². The summed E-state index contributed by atoms with van der Waals surface area (Å²) in [4.78, 5) is 23.3. The van der Waals surface area contributed by atoms with E-state index in [0.29, 0.717) is 28.1 Å². The number of aryl methyl sites for hydroxylation is 1. The Balaban J connectivity index is 2.30. The van der Waals surface area contributed by atoms with E-state index in [-0.39, 0.29) is 11.5 Å². The molecule has 0 bridgehead atoms. The Morgan fingerprint density at radius 2 is 1.81 bits per heavy atom. The summed E-state index contributed by atoms with van der Waals surface area (Å²) in [6.45, 7) is 3.47. The van der Waals surface area contributed by atoms with Gasteiger partial charge in [-0.15, -0.1) is 0 Å². The van der Waals surface area contributed by atoms with Crippen LogP contribution in [0.25, 0.3) is 0 Å². The second-order valence-electron chi connectivity index (χ2n) is 4.81. The lowest BCUT2D eigenvalue weighted by Crippen LogP contribution is -2.14. The van der Waals surface area contributed by atoms with E-state index in [1.807, 2.05) is 0 Å². The number of carbonyl (C=O) groups excluding carboxylic acids is 1. The van der Waals surface area contributed by atoms with Crippen LogP contribution < -0.4 is 11.1 Å². The third-order valence-corrected chi connectivity index (χ3v) is 3.35. The summed E-state index contributed by atoms with van der Waals surface area (Å²) >= 11 is 0. The smallest absolute Gasteiger partial charge is 0.336 e. The second-order valence-corrected chi connectivity index (χ2v) is 4.81. The lowest BCUT2D eigenvalue weighted by molar-refractivity contribution is 0.0695. The quantitative estimate of drug-likeness (QED) is 0.756. The zero-order valence-corrected chi connectivity index (χ0v) is 11.8. The molecule has 2 aromatic rings. The molecule has 0 heterocycles. The minimum atomic E-state index is -1.02. The van der Waals surface area contributed by atoms with Crippen molar-refractivity contribution in [3.05, 3.63) is 58.7 Å². The van der Waals surface area contributed by atoms with Crippen LogP contribution in [0, 0.1) is 13.8 Å². The first-order valence-corrected chi connectivity index (χ1v) is 6.40. The number of amides is 1. The lowest BCUT2D eigenvalue weighted by Gasteiger charge is -2.10. The molecule has 0 aliphatic rings. The molecule has 108 valence electrons. The first kappa shape index (κ1) is 14.6. The number of benzene rings is 2. The van der Waals surface area contributed by atoms with E-state index >= 15 is 0 Å². The van der Waals surface area contributed by atoms with Gasteiger partial charge in [-0.1, -0.05) is 12.1 Å². The first-order valence-electron chi connectivity index (χ1n) is 6.40. The molecule has 5 heteroatoms. The fraction of sp³-hybridized carbons (Fsp3) is 0.125. The van der Waals surface area contributed by atoms with Crippen molar-refractivity contribution in [2.75, 3.05) is 11.1 Å². The molecule has 2 aromatic carbocycles. The molecule has 0 saturated carbocycles. The number of hydrogen-bond acceptors (Lipinski definition) is 3. The standard InChI is InChI=1S/C16H16N2O3/c1-9-6-7-11(8-13(9)16(20)21)18-15(19)12-4-3-5-14(17)10(12)2/h3-8H,17H2,1-2H3,(H,18,19)(H,20,21). The number of nitrogens with two attached hydrogens (primary N) is 1. The average molecular weight is 284 g/mol. The van der Waals surface area contributed by atoms with Crippen molar-refractivity contribution in [1.29, 1.82) is 0 Å². The summed E-state index contributed by atoms with van der Waals surface area (Å²) in [6.07, 6.45) is 0. The highest BCUT2D eigenvalue weighted by Crippen LogP contribution is 2.19. The van der Waals surface area contributed by atoms with Gasteiger partial charge in [0.05, 0.1) is 5.56 Å². The van der Waals surface area contributed by atoms with Crippen molar-refractivity contribution in [1.82, 2.24) is 0 Å². The van der Waals surface area contributed by atoms with Crippen LogP contribution in [-0.4, -0.2) is 17.0 Å². The van der Waals surface area contributed by atoms with Crippen LogP contribution in [0.5, 0.6) is 0 Å². The van der Waals surface area contributed by atoms with Gasteiger partial charge in [0, 0.05) is 16.9 Å². The van der Waals surface area contributed by atoms with E-state index in [4.69, 9.17) is 10.8 Å². The molecule has 0 atom stereocenters. The molecule has 0 unspecified atom stereocenters. The van der Waals surface area contributed by atoms with E-state index in [9.17, 15) is 9.59 Å². The fourth-order valence-electron chi connectivity index (χ4n) is 2.03. The number of nitrogens with one attached hydrogen (secondary N) is 1. The number of aromatic carboxylic acids is 1. The largest absolute Gasteiger partial charge is 0.478 e. The maximum Gasteiger partial charge on any atom is 0.336 e. The van der Waals surface area contributed by atoms with Gasteiger partial charge in [-0.2, -0.15) is 0 Å². The van der Waals surface area contributed by atoms with Gasteiger partial charge in [-0.3, -0.25) is 4.79 Å². The van der Waals surface area contributed by atoms with Gasteiger partial charge in [0.15, 0.2) is 0 Å². The predicted octanol–water partition coefficient (Wildman–Crippen LogP) is 2.84. The number of hydrogen-bond donors (Lipinski definition) is 3. The Bertz CT molecular complexity index is 723. The summed E-state index contributed by atoms with van der Waals surface area (Å²) in [5, 5.41) is 11.8. The van der Waals surface area contributed by atoms with E-state index in [1.165, 1.54) is 6.07 Å². The number of carbonyl (C=O) groups is 2. The van der Waals surface area contributed by atoms with E-state index in [2.05, 4.69) is 5.32 Å². The fourth-order valence-corrected chi connectivity index (χ4v) is 2.03. The SMILES string of the molecule is Cc1ccc(NC(=O)c2cccc(N)c2C)cc1C(=O)O. The molecule has 0 radical (unpaired) electrons. The van der Waals surface area contributed by atoms with Gasteiger partial charge in [0.25, 0.3) is 5.91 Å². The third-order valence-electron chi connectivity index (χ3n) is 3.35. The Labute approximate surface area is 122 Å². The summed E-state index contributed by atoms with van der Waals surface area (Å²) in [7, 11) is 0. The number of anilines is 2. The normalized spacial score (nSPS) is 10.2. The van der Waals surface area contributed by atoms with Crippen LogP contribution in [0.1, 0.15) is 31.8 Å². The molecular weight excluding hydrogens is 268 g/mol. The minimum Gasteiger partial charge on any atom is -0.478 e. The number of carboxylic acid groups (broad SMARTS) is 1. The summed E-state index contributed by atoms with van der Waals surface area (Å²) in [5.74, 6) is -1.34. The summed E-state index contributed by atoms with van der Waals surface area (Å²) in [6, 6.07) is 9.87. The molecule has 0 aliphatic heterocycles. The molecular formula is C16H16N2O3. The van der Waals surface area contributed by atoms with Crippen molar-refractivity contribution in [3.8, 4) is 0 Å². The highest BCUT2D eigenvalue weighted by atomic mass is 16.4. The maximum atomic E-state index is 12.2. The van der Waals surface area contributed by atoms with Crippen LogP contribution in [0.3, 0.4) is 0 Å². The van der Waals surface area contributed by atoms with Gasteiger partial charge in [0.1, 0.15) is 0 Å². The second kappa shape index (κ2) is 5.66. The predicted molar refractivity (Wildman–Crippen MR) is 81.7 cm³/mol. The van der Waals surface area contributed by atoms with Crippen LogP contribution in [0.4, 0.5) is 11.4 Å². The summed E-state index contributed by atoms with van der Waals surface area (Å²) in [5.41, 5.74) is 8.72. The van der Waals surface area contributed by atoms with Crippen LogP contribution in [-0.2, 0) is 0 Å². The summed E-state index contributed by atoms with van der Waals surface area (Å²) < 4.78 is 0. The lowest BCUT2D eigenvalue weighted by atomic mass is 10.1. The number of rotatable bonds is 3. The van der Waals surface area contributed by atoms with Crippen LogP contribution >= 0.6 is 0 Å². The van der Waals surface area contributed by atoms with Crippen LogP contribution in [0.15, 0.2) is 36.4 Å². The molecule has 5 nitrogen and oxygen atoms in total. The highest BCUT2D eigenvalue weighted by molar-refractivity contribution is 6.06. The number of nitrogen functional groups attached to an aromatic ring is 1. The topological polar surface area (TPSA) is 92.4 Å². The van der Waals surface area contributed by atoms with Crippen molar-refractivity contribution in [3.63, 3.8) is 0 Å². The molecule has 0 spiro atoms.